The number of rotatable bonds is 5. The lowest BCUT2D eigenvalue weighted by atomic mass is 10.0. The molecule has 0 saturated carbocycles. The molecule has 1 heterocycles. The van der Waals surface area contributed by atoms with E-state index in [9.17, 15) is 0 Å². The largest absolute Gasteiger partial charge is 0.377 e. The minimum Gasteiger partial charge on any atom is -0.377 e. The summed E-state index contributed by atoms with van der Waals surface area (Å²) in [7, 11) is 0. The van der Waals surface area contributed by atoms with Gasteiger partial charge in [-0.05, 0) is 25.3 Å². The van der Waals surface area contributed by atoms with Crippen LogP contribution in [0.4, 0.5) is 0 Å². The van der Waals surface area contributed by atoms with Gasteiger partial charge in [-0.1, -0.05) is 37.3 Å². The summed E-state index contributed by atoms with van der Waals surface area (Å²) in [4.78, 5) is 0. The molecule has 0 aromatic heterocycles. The Kier molecular flexibility index (Phi) is 5.10. The van der Waals surface area contributed by atoms with Crippen LogP contribution in [0.3, 0.4) is 0 Å². The van der Waals surface area contributed by atoms with E-state index in [1.807, 2.05) is 17.8 Å². The molecule has 1 saturated heterocycles. The van der Waals surface area contributed by atoms with Crippen LogP contribution in [-0.4, -0.2) is 23.2 Å². The first-order valence-electron chi connectivity index (χ1n) is 6.80. The molecule has 0 bridgehead atoms. The summed E-state index contributed by atoms with van der Waals surface area (Å²) in [6.45, 7) is 5.29. The lowest BCUT2D eigenvalue weighted by Gasteiger charge is -2.26. The topological polar surface area (TPSA) is 35.2 Å². The molecule has 2 rings (SSSR count). The van der Waals surface area contributed by atoms with Gasteiger partial charge in [-0.15, -0.1) is 0 Å². The fraction of sp³-hybridized carbons (Fsp3) is 0.600. The SMILES string of the molecule is CCC(SC1CCOC1C)C(N)c1ccccc1. The molecule has 4 atom stereocenters. The smallest absolute Gasteiger partial charge is 0.0666 e. The summed E-state index contributed by atoms with van der Waals surface area (Å²) >= 11 is 2.01. The Labute approximate surface area is 114 Å². The van der Waals surface area contributed by atoms with E-state index < -0.39 is 0 Å². The van der Waals surface area contributed by atoms with Gasteiger partial charge in [0.15, 0.2) is 0 Å². The van der Waals surface area contributed by atoms with Gasteiger partial charge in [0.25, 0.3) is 0 Å². The Morgan fingerprint density at radius 3 is 2.67 bits per heavy atom. The second kappa shape index (κ2) is 6.60. The lowest BCUT2D eigenvalue weighted by molar-refractivity contribution is 0.127. The van der Waals surface area contributed by atoms with Crippen LogP contribution in [0, 0.1) is 0 Å². The maximum absolute atomic E-state index is 6.41. The van der Waals surface area contributed by atoms with Crippen LogP contribution in [0.2, 0.25) is 0 Å². The lowest BCUT2D eigenvalue weighted by Crippen LogP contribution is -2.27. The van der Waals surface area contributed by atoms with E-state index in [2.05, 4.69) is 38.1 Å². The number of thioether (sulfide) groups is 1. The Morgan fingerprint density at radius 2 is 2.11 bits per heavy atom. The quantitative estimate of drug-likeness (QED) is 0.886. The number of hydrogen-bond acceptors (Lipinski definition) is 3. The van der Waals surface area contributed by atoms with Crippen molar-refractivity contribution >= 4 is 11.8 Å². The highest BCUT2D eigenvalue weighted by Crippen LogP contribution is 2.35. The Morgan fingerprint density at radius 1 is 1.39 bits per heavy atom. The third-order valence-corrected chi connectivity index (χ3v) is 5.59. The first-order chi connectivity index (χ1) is 8.72. The van der Waals surface area contributed by atoms with Gasteiger partial charge >= 0.3 is 0 Å². The summed E-state index contributed by atoms with van der Waals surface area (Å²) < 4.78 is 5.63. The minimum atomic E-state index is 0.119. The maximum Gasteiger partial charge on any atom is 0.0666 e. The molecular weight excluding hydrogens is 242 g/mol. The molecule has 1 fully saturated rings. The number of ether oxygens (including phenoxy) is 1. The Hall–Kier alpha value is -0.510. The molecule has 2 N–H and O–H groups in total. The van der Waals surface area contributed by atoms with E-state index in [0.717, 1.165) is 19.4 Å². The van der Waals surface area contributed by atoms with Crippen LogP contribution in [0.1, 0.15) is 38.3 Å². The summed E-state index contributed by atoms with van der Waals surface area (Å²) in [5.74, 6) is 0. The maximum atomic E-state index is 6.41. The van der Waals surface area contributed by atoms with Gasteiger partial charge in [0.1, 0.15) is 0 Å². The van der Waals surface area contributed by atoms with E-state index in [0.29, 0.717) is 16.6 Å². The Balaban J connectivity index is 2.00. The molecule has 0 aliphatic carbocycles. The summed E-state index contributed by atoms with van der Waals surface area (Å²) in [5.41, 5.74) is 7.65. The van der Waals surface area contributed by atoms with E-state index in [1.54, 1.807) is 0 Å². The highest BCUT2D eigenvalue weighted by molar-refractivity contribution is 8.00. The van der Waals surface area contributed by atoms with E-state index in [4.69, 9.17) is 10.5 Å². The fourth-order valence-electron chi connectivity index (χ4n) is 2.44. The van der Waals surface area contributed by atoms with Gasteiger partial charge in [0, 0.05) is 23.1 Å². The predicted molar refractivity (Wildman–Crippen MR) is 78.9 cm³/mol. The van der Waals surface area contributed by atoms with Crippen LogP contribution in [0.15, 0.2) is 30.3 Å². The van der Waals surface area contributed by atoms with Gasteiger partial charge in [0.05, 0.1) is 6.10 Å². The van der Waals surface area contributed by atoms with E-state index >= 15 is 0 Å². The first-order valence-corrected chi connectivity index (χ1v) is 7.74. The number of hydrogen-bond donors (Lipinski definition) is 1. The van der Waals surface area contributed by atoms with Crippen LogP contribution < -0.4 is 5.73 Å². The van der Waals surface area contributed by atoms with Crippen molar-refractivity contribution in [1.29, 1.82) is 0 Å². The molecule has 1 aromatic carbocycles. The zero-order valence-electron chi connectivity index (χ0n) is 11.2. The molecule has 3 heteroatoms. The van der Waals surface area contributed by atoms with Gasteiger partial charge in [-0.2, -0.15) is 11.8 Å². The fourth-order valence-corrected chi connectivity index (χ4v) is 3.94. The van der Waals surface area contributed by atoms with Crippen molar-refractivity contribution < 1.29 is 4.74 Å². The highest BCUT2D eigenvalue weighted by atomic mass is 32.2. The zero-order valence-corrected chi connectivity index (χ0v) is 12.0. The van der Waals surface area contributed by atoms with Gasteiger partial charge in [-0.25, -0.2) is 0 Å². The van der Waals surface area contributed by atoms with Crippen molar-refractivity contribution in [3.8, 4) is 0 Å². The molecule has 1 aliphatic rings. The standard InChI is InChI=1S/C15H23NOS/c1-3-13(18-14-9-10-17-11(14)2)15(16)12-7-5-4-6-8-12/h4-8,11,13-15H,3,9-10,16H2,1-2H3. The first kappa shape index (κ1) is 13.9. The van der Waals surface area contributed by atoms with Crippen molar-refractivity contribution in [2.45, 2.75) is 49.3 Å². The molecule has 2 nitrogen and oxygen atoms in total. The Bertz CT molecular complexity index is 357. The third kappa shape index (κ3) is 3.28. The molecule has 0 amide bonds. The van der Waals surface area contributed by atoms with Crippen molar-refractivity contribution in [1.82, 2.24) is 0 Å². The normalized spacial score (nSPS) is 27.1. The molecule has 0 radical (unpaired) electrons. The average Bonchev–Trinajstić information content (AvgIpc) is 2.81. The molecule has 18 heavy (non-hydrogen) atoms. The summed E-state index contributed by atoms with van der Waals surface area (Å²) in [6.07, 6.45) is 2.63. The monoisotopic (exact) mass is 265 g/mol. The van der Waals surface area contributed by atoms with E-state index in [1.165, 1.54) is 5.56 Å². The minimum absolute atomic E-state index is 0.119. The summed E-state index contributed by atoms with van der Waals surface area (Å²) in [6, 6.07) is 10.5. The number of benzene rings is 1. The molecule has 100 valence electrons. The second-order valence-electron chi connectivity index (χ2n) is 4.92. The van der Waals surface area contributed by atoms with E-state index in [-0.39, 0.29) is 6.04 Å². The second-order valence-corrected chi connectivity index (χ2v) is 6.41. The van der Waals surface area contributed by atoms with Crippen LogP contribution in [0.5, 0.6) is 0 Å². The molecule has 1 aliphatic heterocycles. The molecule has 1 aromatic rings. The van der Waals surface area contributed by atoms with Crippen molar-refractivity contribution in [2.24, 2.45) is 5.73 Å². The molecular formula is C15H23NOS. The zero-order chi connectivity index (χ0) is 13.0. The van der Waals surface area contributed by atoms with Crippen molar-refractivity contribution in [2.75, 3.05) is 6.61 Å². The number of nitrogens with two attached hydrogens (primary N) is 1. The van der Waals surface area contributed by atoms with Crippen LogP contribution in [0.25, 0.3) is 0 Å². The molecule has 0 spiro atoms. The van der Waals surface area contributed by atoms with Crippen LogP contribution >= 0.6 is 11.8 Å². The predicted octanol–water partition coefficient (Wildman–Crippen LogP) is 3.38. The van der Waals surface area contributed by atoms with Gasteiger partial charge in [-0.3, -0.25) is 0 Å². The van der Waals surface area contributed by atoms with Crippen molar-refractivity contribution in [3.63, 3.8) is 0 Å². The van der Waals surface area contributed by atoms with Gasteiger partial charge < -0.3 is 10.5 Å². The third-order valence-electron chi connectivity index (χ3n) is 3.64. The average molecular weight is 265 g/mol. The molecule has 4 unspecified atom stereocenters. The van der Waals surface area contributed by atoms with Crippen LogP contribution in [-0.2, 0) is 4.74 Å². The van der Waals surface area contributed by atoms with Gasteiger partial charge in [0.2, 0.25) is 0 Å². The highest BCUT2D eigenvalue weighted by Gasteiger charge is 2.29. The summed E-state index contributed by atoms with van der Waals surface area (Å²) in [5, 5.41) is 1.08. The van der Waals surface area contributed by atoms with Crippen molar-refractivity contribution in [3.05, 3.63) is 35.9 Å².